The first-order valence-corrected chi connectivity index (χ1v) is 6.63. The van der Waals surface area contributed by atoms with E-state index in [4.69, 9.17) is 10.8 Å². The van der Waals surface area contributed by atoms with E-state index in [9.17, 15) is 9.18 Å². The highest BCUT2D eigenvalue weighted by molar-refractivity contribution is 5.91. The van der Waals surface area contributed by atoms with Crippen molar-refractivity contribution in [1.82, 2.24) is 0 Å². The number of carboxylic acid groups (broad SMARTS) is 1. The number of hydrogen-bond acceptors (Lipinski definition) is 3. The summed E-state index contributed by atoms with van der Waals surface area (Å²) in [4.78, 5) is 13.0. The maximum atomic E-state index is 13.8. The molecule has 1 aliphatic heterocycles. The summed E-state index contributed by atoms with van der Waals surface area (Å²) in [5.74, 6) is -0.633. The van der Waals surface area contributed by atoms with E-state index in [1.54, 1.807) is 0 Å². The molecule has 3 rings (SSSR count). The zero-order valence-corrected chi connectivity index (χ0v) is 10.6. The highest BCUT2D eigenvalue weighted by atomic mass is 19.1. The average Bonchev–Trinajstić information content (AvgIpc) is 2.91. The molecule has 1 saturated heterocycles. The van der Waals surface area contributed by atoms with E-state index in [-0.39, 0.29) is 5.56 Å². The summed E-state index contributed by atoms with van der Waals surface area (Å²) in [6, 6.07) is 2.49. The summed E-state index contributed by atoms with van der Waals surface area (Å²) >= 11 is 0. The number of carboxylic acids is 1. The van der Waals surface area contributed by atoms with Crippen molar-refractivity contribution < 1.29 is 14.3 Å². The number of nitrogens with two attached hydrogens (primary N) is 1. The van der Waals surface area contributed by atoms with Crippen LogP contribution in [0.2, 0.25) is 0 Å². The van der Waals surface area contributed by atoms with Gasteiger partial charge in [-0.15, -0.1) is 0 Å². The second-order valence-corrected chi connectivity index (χ2v) is 5.55. The molecule has 1 aromatic rings. The molecule has 1 heterocycles. The van der Waals surface area contributed by atoms with Gasteiger partial charge in [0.15, 0.2) is 0 Å². The maximum Gasteiger partial charge on any atom is 0.338 e. The van der Waals surface area contributed by atoms with Crippen LogP contribution in [0.5, 0.6) is 0 Å². The summed E-state index contributed by atoms with van der Waals surface area (Å²) < 4.78 is 13.8. The standard InChI is InChI=1S/C14H17FN2O2/c15-11-5-13(12(16)4-10(11)14(18)19)17-6-8-2-1-3-9(8)7-17/h4-5,8-9H,1-3,6-7,16H2,(H,18,19). The molecule has 0 spiro atoms. The SMILES string of the molecule is Nc1cc(C(=O)O)c(F)cc1N1CC2CCCC2C1. The molecular weight excluding hydrogens is 247 g/mol. The van der Waals surface area contributed by atoms with Crippen LogP contribution in [-0.4, -0.2) is 24.2 Å². The van der Waals surface area contributed by atoms with Crippen molar-refractivity contribution in [3.05, 3.63) is 23.5 Å². The average molecular weight is 264 g/mol. The number of nitrogen functional groups attached to an aromatic ring is 1. The quantitative estimate of drug-likeness (QED) is 0.805. The first-order chi connectivity index (χ1) is 9.06. The van der Waals surface area contributed by atoms with Crippen LogP contribution in [0.4, 0.5) is 15.8 Å². The van der Waals surface area contributed by atoms with Gasteiger partial charge < -0.3 is 15.7 Å². The molecule has 2 unspecified atom stereocenters. The van der Waals surface area contributed by atoms with Crippen LogP contribution >= 0.6 is 0 Å². The Bertz CT molecular complexity index is 520. The zero-order chi connectivity index (χ0) is 13.6. The Morgan fingerprint density at radius 2 is 1.95 bits per heavy atom. The number of anilines is 2. The molecule has 1 aromatic carbocycles. The lowest BCUT2D eigenvalue weighted by Gasteiger charge is -2.22. The van der Waals surface area contributed by atoms with Gasteiger partial charge in [-0.1, -0.05) is 6.42 Å². The van der Waals surface area contributed by atoms with Crippen molar-refractivity contribution in [1.29, 1.82) is 0 Å². The van der Waals surface area contributed by atoms with Gasteiger partial charge in [0.05, 0.1) is 16.9 Å². The topological polar surface area (TPSA) is 66.6 Å². The third kappa shape index (κ3) is 2.03. The van der Waals surface area contributed by atoms with Gasteiger partial charge in [-0.05, 0) is 30.7 Å². The lowest BCUT2D eigenvalue weighted by molar-refractivity contribution is 0.0692. The fourth-order valence-electron chi connectivity index (χ4n) is 3.45. The summed E-state index contributed by atoms with van der Waals surface area (Å²) in [6.45, 7) is 1.81. The van der Waals surface area contributed by atoms with Gasteiger partial charge in [0.2, 0.25) is 0 Å². The van der Waals surface area contributed by atoms with Gasteiger partial charge in [-0.2, -0.15) is 0 Å². The first kappa shape index (κ1) is 12.3. The van der Waals surface area contributed by atoms with Gasteiger partial charge in [-0.3, -0.25) is 0 Å². The first-order valence-electron chi connectivity index (χ1n) is 6.63. The van der Waals surface area contributed by atoms with Crippen molar-refractivity contribution >= 4 is 17.3 Å². The normalized spacial score (nSPS) is 25.6. The maximum absolute atomic E-state index is 13.8. The smallest absolute Gasteiger partial charge is 0.338 e. The van der Waals surface area contributed by atoms with Crippen LogP contribution in [-0.2, 0) is 0 Å². The Labute approximate surface area is 111 Å². The molecular formula is C14H17FN2O2. The van der Waals surface area contributed by atoms with Gasteiger partial charge in [0, 0.05) is 19.2 Å². The molecule has 1 saturated carbocycles. The molecule has 3 N–H and O–H groups in total. The lowest BCUT2D eigenvalue weighted by atomic mass is 10.0. The van der Waals surface area contributed by atoms with Gasteiger partial charge >= 0.3 is 5.97 Å². The Kier molecular flexibility index (Phi) is 2.84. The van der Waals surface area contributed by atoms with Crippen LogP contribution in [0.15, 0.2) is 12.1 Å². The number of benzene rings is 1. The molecule has 1 aliphatic carbocycles. The monoisotopic (exact) mass is 264 g/mol. The fraction of sp³-hybridized carbons (Fsp3) is 0.500. The number of nitrogens with zero attached hydrogens (tertiary/aromatic N) is 1. The van der Waals surface area contributed by atoms with E-state index in [1.807, 2.05) is 0 Å². The summed E-state index contributed by atoms with van der Waals surface area (Å²) in [6.07, 6.45) is 3.75. The van der Waals surface area contributed by atoms with Crippen LogP contribution in [0.3, 0.4) is 0 Å². The number of hydrogen-bond donors (Lipinski definition) is 2. The van der Waals surface area contributed by atoms with E-state index >= 15 is 0 Å². The third-order valence-electron chi connectivity index (χ3n) is 4.41. The Balaban J connectivity index is 1.89. The van der Waals surface area contributed by atoms with Gasteiger partial charge in [-0.25, -0.2) is 9.18 Å². The second-order valence-electron chi connectivity index (χ2n) is 5.55. The largest absolute Gasteiger partial charge is 0.478 e. The minimum Gasteiger partial charge on any atom is -0.478 e. The van der Waals surface area contributed by atoms with Crippen LogP contribution in [0.1, 0.15) is 29.6 Å². The zero-order valence-electron chi connectivity index (χ0n) is 10.6. The minimum absolute atomic E-state index is 0.346. The van der Waals surface area contributed by atoms with Crippen molar-refractivity contribution in [3.63, 3.8) is 0 Å². The van der Waals surface area contributed by atoms with Crippen LogP contribution in [0.25, 0.3) is 0 Å². The minimum atomic E-state index is -1.28. The predicted octanol–water partition coefficient (Wildman–Crippen LogP) is 2.34. The molecule has 0 aromatic heterocycles. The molecule has 2 atom stereocenters. The highest BCUT2D eigenvalue weighted by Gasteiger charge is 2.36. The molecule has 0 amide bonds. The molecule has 2 aliphatic rings. The number of halogens is 1. The number of fused-ring (bicyclic) bond motifs is 1. The van der Waals surface area contributed by atoms with Crippen molar-refractivity contribution in [3.8, 4) is 0 Å². The van der Waals surface area contributed by atoms with E-state index in [0.29, 0.717) is 23.2 Å². The van der Waals surface area contributed by atoms with Gasteiger partial charge in [0.1, 0.15) is 5.82 Å². The summed E-state index contributed by atoms with van der Waals surface area (Å²) in [7, 11) is 0. The fourth-order valence-corrected chi connectivity index (χ4v) is 3.45. The number of carbonyl (C=O) groups is 1. The lowest BCUT2D eigenvalue weighted by Crippen LogP contribution is -2.22. The molecule has 2 fully saturated rings. The Hall–Kier alpha value is -1.78. The van der Waals surface area contributed by atoms with E-state index in [1.165, 1.54) is 31.4 Å². The summed E-state index contributed by atoms with van der Waals surface area (Å²) in [5, 5.41) is 8.87. The molecule has 0 bridgehead atoms. The molecule has 4 nitrogen and oxygen atoms in total. The van der Waals surface area contributed by atoms with Crippen LogP contribution < -0.4 is 10.6 Å². The third-order valence-corrected chi connectivity index (χ3v) is 4.41. The van der Waals surface area contributed by atoms with Crippen LogP contribution in [0, 0.1) is 17.7 Å². The predicted molar refractivity (Wildman–Crippen MR) is 70.8 cm³/mol. The van der Waals surface area contributed by atoms with Gasteiger partial charge in [0.25, 0.3) is 0 Å². The Morgan fingerprint density at radius 1 is 1.32 bits per heavy atom. The van der Waals surface area contributed by atoms with Crippen molar-refractivity contribution in [2.45, 2.75) is 19.3 Å². The highest BCUT2D eigenvalue weighted by Crippen LogP contribution is 2.41. The molecule has 5 heteroatoms. The summed E-state index contributed by atoms with van der Waals surface area (Å²) in [5.41, 5.74) is 6.51. The molecule has 102 valence electrons. The van der Waals surface area contributed by atoms with E-state index in [0.717, 1.165) is 13.1 Å². The Morgan fingerprint density at radius 3 is 2.53 bits per heavy atom. The molecule has 0 radical (unpaired) electrons. The number of aromatic carboxylic acids is 1. The van der Waals surface area contributed by atoms with Crippen molar-refractivity contribution in [2.75, 3.05) is 23.7 Å². The second kappa shape index (κ2) is 4.40. The van der Waals surface area contributed by atoms with E-state index in [2.05, 4.69) is 4.90 Å². The molecule has 19 heavy (non-hydrogen) atoms. The number of rotatable bonds is 2. The van der Waals surface area contributed by atoms with E-state index < -0.39 is 11.8 Å². The van der Waals surface area contributed by atoms with Crippen molar-refractivity contribution in [2.24, 2.45) is 11.8 Å².